The van der Waals surface area contributed by atoms with Crippen LogP contribution in [-0.4, -0.2) is 13.2 Å². The average molecular weight is 177 g/mol. The van der Waals surface area contributed by atoms with Crippen molar-refractivity contribution in [1.29, 1.82) is 0 Å². The van der Waals surface area contributed by atoms with Crippen LogP contribution in [0.2, 0.25) is 0 Å². The van der Waals surface area contributed by atoms with Gasteiger partial charge in [0.15, 0.2) is 0 Å². The zero-order chi connectivity index (χ0) is 9.26. The van der Waals surface area contributed by atoms with Crippen LogP contribution in [0.5, 0.6) is 0 Å². The molecule has 70 valence electrons. The molecule has 0 fully saturated rings. The number of rotatable bonds is 1. The lowest BCUT2D eigenvalue weighted by molar-refractivity contribution is 0.0913. The molecule has 13 heavy (non-hydrogen) atoms. The molecule has 1 aliphatic rings. The Balaban J connectivity index is 2.32. The van der Waals surface area contributed by atoms with Gasteiger partial charge in [0.2, 0.25) is 0 Å². The number of ether oxygens (including phenoxy) is 1. The van der Waals surface area contributed by atoms with E-state index in [0.717, 1.165) is 24.9 Å². The minimum atomic E-state index is 0.359. The maximum Gasteiger partial charge on any atom is 0.0615 e. The largest absolute Gasteiger partial charge is 0.398 e. The van der Waals surface area contributed by atoms with E-state index in [-0.39, 0.29) is 0 Å². The molecule has 0 aliphatic heterocycles. The fourth-order valence-corrected chi connectivity index (χ4v) is 1.99. The molecule has 1 aromatic carbocycles. The van der Waals surface area contributed by atoms with Crippen molar-refractivity contribution in [3.05, 3.63) is 29.3 Å². The summed E-state index contributed by atoms with van der Waals surface area (Å²) in [6.07, 6.45) is 3.54. The third kappa shape index (κ3) is 1.54. The highest BCUT2D eigenvalue weighted by Gasteiger charge is 2.19. The van der Waals surface area contributed by atoms with Gasteiger partial charge in [0.05, 0.1) is 6.10 Å². The van der Waals surface area contributed by atoms with Crippen LogP contribution in [0.4, 0.5) is 5.69 Å². The Kier molecular flexibility index (Phi) is 2.23. The van der Waals surface area contributed by atoms with Crippen molar-refractivity contribution < 1.29 is 4.74 Å². The summed E-state index contributed by atoms with van der Waals surface area (Å²) in [5.74, 6) is 0. The number of hydrogen-bond acceptors (Lipinski definition) is 2. The Morgan fingerprint density at radius 1 is 1.46 bits per heavy atom. The molecule has 0 bridgehead atoms. The van der Waals surface area contributed by atoms with Gasteiger partial charge in [-0.1, -0.05) is 12.1 Å². The van der Waals surface area contributed by atoms with Crippen LogP contribution < -0.4 is 5.73 Å². The molecule has 0 aromatic heterocycles. The molecule has 0 heterocycles. The molecule has 2 nitrogen and oxygen atoms in total. The van der Waals surface area contributed by atoms with Crippen LogP contribution in [0.25, 0.3) is 0 Å². The smallest absolute Gasteiger partial charge is 0.0615 e. The second-order valence-electron chi connectivity index (χ2n) is 3.59. The molecule has 1 atom stereocenters. The highest BCUT2D eigenvalue weighted by molar-refractivity contribution is 5.52. The summed E-state index contributed by atoms with van der Waals surface area (Å²) in [4.78, 5) is 0. The van der Waals surface area contributed by atoms with Crippen molar-refractivity contribution >= 4 is 5.69 Å². The molecule has 2 N–H and O–H groups in total. The van der Waals surface area contributed by atoms with Crippen molar-refractivity contribution in [2.45, 2.75) is 25.4 Å². The zero-order valence-electron chi connectivity index (χ0n) is 7.92. The maximum atomic E-state index is 5.90. The standard InChI is InChI=1S/C11H15NO/c1-13-9-6-5-8-3-2-4-11(12)10(8)7-9/h2-4,9H,5-7,12H2,1H3. The molecular weight excluding hydrogens is 162 g/mol. The summed E-state index contributed by atoms with van der Waals surface area (Å²) in [5, 5.41) is 0. The van der Waals surface area contributed by atoms with Crippen molar-refractivity contribution in [3.8, 4) is 0 Å². The minimum Gasteiger partial charge on any atom is -0.398 e. The number of benzene rings is 1. The van der Waals surface area contributed by atoms with Crippen LogP contribution in [0, 0.1) is 0 Å². The molecule has 0 saturated heterocycles. The number of nitrogens with two attached hydrogens (primary N) is 1. The summed E-state index contributed by atoms with van der Waals surface area (Å²) in [6.45, 7) is 0. The minimum absolute atomic E-state index is 0.359. The molecule has 1 aromatic rings. The van der Waals surface area contributed by atoms with Crippen LogP contribution in [0.1, 0.15) is 17.5 Å². The molecule has 2 rings (SSSR count). The van der Waals surface area contributed by atoms with E-state index >= 15 is 0 Å². The second kappa shape index (κ2) is 3.38. The molecule has 0 radical (unpaired) electrons. The van der Waals surface area contributed by atoms with Crippen molar-refractivity contribution in [2.24, 2.45) is 0 Å². The monoisotopic (exact) mass is 177 g/mol. The van der Waals surface area contributed by atoms with E-state index < -0.39 is 0 Å². The van der Waals surface area contributed by atoms with E-state index in [1.54, 1.807) is 7.11 Å². The van der Waals surface area contributed by atoms with Crippen molar-refractivity contribution in [2.75, 3.05) is 12.8 Å². The van der Waals surface area contributed by atoms with E-state index in [4.69, 9.17) is 10.5 Å². The maximum absolute atomic E-state index is 5.90. The molecule has 1 aliphatic carbocycles. The van der Waals surface area contributed by atoms with Gasteiger partial charge in [-0.05, 0) is 30.0 Å². The van der Waals surface area contributed by atoms with Crippen LogP contribution in [0.3, 0.4) is 0 Å². The number of anilines is 1. The summed E-state index contributed by atoms with van der Waals surface area (Å²) in [7, 11) is 1.77. The summed E-state index contributed by atoms with van der Waals surface area (Å²) < 4.78 is 5.35. The third-order valence-electron chi connectivity index (χ3n) is 2.81. The molecular formula is C11H15NO. The molecule has 0 saturated carbocycles. The lowest BCUT2D eigenvalue weighted by Crippen LogP contribution is -2.22. The zero-order valence-corrected chi connectivity index (χ0v) is 7.92. The highest BCUT2D eigenvalue weighted by atomic mass is 16.5. The second-order valence-corrected chi connectivity index (χ2v) is 3.59. The van der Waals surface area contributed by atoms with Gasteiger partial charge in [0, 0.05) is 19.2 Å². The third-order valence-corrected chi connectivity index (χ3v) is 2.81. The van der Waals surface area contributed by atoms with Crippen LogP contribution >= 0.6 is 0 Å². The first-order chi connectivity index (χ1) is 6.31. The topological polar surface area (TPSA) is 35.2 Å². The first-order valence-corrected chi connectivity index (χ1v) is 4.70. The molecule has 2 heteroatoms. The molecule has 1 unspecified atom stereocenters. The van der Waals surface area contributed by atoms with Gasteiger partial charge in [0.1, 0.15) is 0 Å². The Morgan fingerprint density at radius 3 is 3.08 bits per heavy atom. The number of methoxy groups -OCH3 is 1. The number of aryl methyl sites for hydroxylation is 1. The normalized spacial score (nSPS) is 21.2. The lowest BCUT2D eigenvalue weighted by Gasteiger charge is -2.24. The lowest BCUT2D eigenvalue weighted by atomic mass is 9.89. The summed E-state index contributed by atoms with van der Waals surface area (Å²) in [6, 6.07) is 6.16. The Labute approximate surface area is 78.7 Å². The van der Waals surface area contributed by atoms with Gasteiger partial charge in [-0.15, -0.1) is 0 Å². The van der Waals surface area contributed by atoms with Gasteiger partial charge < -0.3 is 10.5 Å². The van der Waals surface area contributed by atoms with Crippen molar-refractivity contribution in [1.82, 2.24) is 0 Å². The van der Waals surface area contributed by atoms with E-state index in [1.807, 2.05) is 12.1 Å². The van der Waals surface area contributed by atoms with Crippen LogP contribution in [-0.2, 0) is 17.6 Å². The van der Waals surface area contributed by atoms with Gasteiger partial charge in [0.25, 0.3) is 0 Å². The Bertz CT molecular complexity index is 309. The van der Waals surface area contributed by atoms with E-state index in [9.17, 15) is 0 Å². The molecule has 0 amide bonds. The highest BCUT2D eigenvalue weighted by Crippen LogP contribution is 2.27. The first kappa shape index (κ1) is 8.57. The fraction of sp³-hybridized carbons (Fsp3) is 0.455. The average Bonchev–Trinajstić information content (AvgIpc) is 2.18. The summed E-state index contributed by atoms with van der Waals surface area (Å²) >= 11 is 0. The number of nitrogen functional groups attached to an aromatic ring is 1. The Morgan fingerprint density at radius 2 is 2.31 bits per heavy atom. The van der Waals surface area contributed by atoms with E-state index in [1.165, 1.54) is 11.1 Å². The number of fused-ring (bicyclic) bond motifs is 1. The van der Waals surface area contributed by atoms with Gasteiger partial charge >= 0.3 is 0 Å². The SMILES string of the molecule is COC1CCc2cccc(N)c2C1. The van der Waals surface area contributed by atoms with E-state index in [2.05, 4.69) is 6.07 Å². The van der Waals surface area contributed by atoms with Gasteiger partial charge in [-0.25, -0.2) is 0 Å². The van der Waals surface area contributed by atoms with Gasteiger partial charge in [-0.3, -0.25) is 0 Å². The van der Waals surface area contributed by atoms with E-state index in [0.29, 0.717) is 6.10 Å². The first-order valence-electron chi connectivity index (χ1n) is 4.70. The van der Waals surface area contributed by atoms with Crippen molar-refractivity contribution in [3.63, 3.8) is 0 Å². The Hall–Kier alpha value is -1.02. The predicted octanol–water partition coefficient (Wildman–Crippen LogP) is 1.77. The quantitative estimate of drug-likeness (QED) is 0.663. The van der Waals surface area contributed by atoms with Crippen LogP contribution in [0.15, 0.2) is 18.2 Å². The summed E-state index contributed by atoms with van der Waals surface area (Å²) in [5.41, 5.74) is 9.51. The molecule has 0 spiro atoms. The fourth-order valence-electron chi connectivity index (χ4n) is 1.99. The predicted molar refractivity (Wildman–Crippen MR) is 53.7 cm³/mol. The van der Waals surface area contributed by atoms with Gasteiger partial charge in [-0.2, -0.15) is 0 Å². The number of hydrogen-bond donors (Lipinski definition) is 1.